The quantitative estimate of drug-likeness (QED) is 0.142. The van der Waals surface area contributed by atoms with Crippen LogP contribution in [0, 0.1) is 0 Å². The molecule has 0 radical (unpaired) electrons. The molecule has 1 aromatic rings. The van der Waals surface area contributed by atoms with Crippen molar-refractivity contribution in [3.8, 4) is 0 Å². The summed E-state index contributed by atoms with van der Waals surface area (Å²) in [7, 11) is 0. The Kier molecular flexibility index (Phi) is 16.5. The van der Waals surface area contributed by atoms with Crippen LogP contribution < -0.4 is 48.3 Å². The van der Waals surface area contributed by atoms with Gasteiger partial charge in [0.25, 0.3) is 0 Å². The summed E-state index contributed by atoms with van der Waals surface area (Å²) in [6.07, 6.45) is -0.0902. The first-order valence-corrected chi connectivity index (χ1v) is 16.5. The van der Waals surface area contributed by atoms with Gasteiger partial charge in [-0.25, -0.2) is 0 Å². The molecule has 0 saturated carbocycles. The predicted molar refractivity (Wildman–Crippen MR) is 183 cm³/mol. The van der Waals surface area contributed by atoms with E-state index in [1.165, 1.54) is 6.92 Å². The van der Waals surface area contributed by atoms with Gasteiger partial charge in [-0.1, -0.05) is 45.0 Å². The third-order valence-corrected chi connectivity index (χ3v) is 7.68. The second-order valence-electron chi connectivity index (χ2n) is 13.1. The fourth-order valence-corrected chi connectivity index (χ4v) is 4.80. The first-order valence-electron chi connectivity index (χ1n) is 16.5. The van der Waals surface area contributed by atoms with Crippen molar-refractivity contribution in [3.63, 3.8) is 0 Å². The lowest BCUT2D eigenvalue weighted by atomic mass is 9.86. The fraction of sp³-hybridized carbons (Fsp3) is 0.545. The van der Waals surface area contributed by atoms with Crippen LogP contribution in [0.4, 0.5) is 0 Å². The number of nitrogens with two attached hydrogens (primary N) is 1. The number of benzene rings is 1. The Morgan fingerprint density at radius 3 is 2.02 bits per heavy atom. The van der Waals surface area contributed by atoms with Crippen molar-refractivity contribution in [1.82, 2.24) is 42.5 Å². The van der Waals surface area contributed by atoms with Gasteiger partial charge >= 0.3 is 0 Å². The van der Waals surface area contributed by atoms with Crippen LogP contribution in [-0.4, -0.2) is 104 Å². The second kappa shape index (κ2) is 20.2. The van der Waals surface area contributed by atoms with Crippen molar-refractivity contribution in [3.05, 3.63) is 35.4 Å². The highest BCUT2D eigenvalue weighted by molar-refractivity contribution is 5.95. The molecule has 1 aliphatic rings. The Morgan fingerprint density at radius 1 is 0.784 bits per heavy atom. The zero-order valence-corrected chi connectivity index (χ0v) is 29.4. The van der Waals surface area contributed by atoms with E-state index in [-0.39, 0.29) is 44.1 Å². The fourth-order valence-electron chi connectivity index (χ4n) is 4.80. The first-order chi connectivity index (χ1) is 23.9. The molecule has 18 nitrogen and oxygen atoms in total. The minimum Gasteiger partial charge on any atom is -0.368 e. The Morgan fingerprint density at radius 2 is 1.39 bits per heavy atom. The van der Waals surface area contributed by atoms with Gasteiger partial charge in [-0.3, -0.25) is 43.2 Å². The number of carbonyl (C=O) groups is 9. The molecule has 1 aliphatic heterocycles. The lowest BCUT2D eigenvalue weighted by Crippen LogP contribution is -2.54. The molecule has 0 bridgehead atoms. The van der Waals surface area contributed by atoms with Gasteiger partial charge < -0.3 is 48.3 Å². The molecule has 1 aromatic carbocycles. The average Bonchev–Trinajstić information content (AvgIpc) is 3.06. The van der Waals surface area contributed by atoms with Crippen molar-refractivity contribution in [2.45, 2.75) is 83.3 Å². The smallest absolute Gasteiger partial charge is 0.243 e. The SMILES string of the molecule is CC(=O)NCC(=O)NC1CCC(=O)NCCCC(C(N)=O)NC(=O)CNC(=O)CNC(=O)C(Cc2ccc(C(C)(C)C)cc2)NC(=O)CNC1=O. The second-order valence-corrected chi connectivity index (χ2v) is 13.1. The standard InChI is InChI=1S/C33H49N9O9/c1-19(43)36-16-27(46)41-23-11-12-25(44)35-13-5-6-22(30(34)49)40-28(47)17-37-26(45)15-38-32(51)24(42-29(48)18-39-31(23)50)14-20-7-9-21(10-8-20)33(2,3)4/h7-10,22-24H,5-6,11-18H2,1-4H3,(H2,34,49)(H,35,44)(H,36,43)(H,37,45)(H,38,51)(H,39,50)(H,40,47)(H,41,46)(H,42,48). The average molecular weight is 716 g/mol. The van der Waals surface area contributed by atoms with Gasteiger partial charge in [-0.05, 0) is 35.8 Å². The van der Waals surface area contributed by atoms with E-state index in [9.17, 15) is 43.2 Å². The summed E-state index contributed by atoms with van der Waals surface area (Å²) < 4.78 is 0. The highest BCUT2D eigenvalue weighted by Gasteiger charge is 2.26. The molecule has 1 saturated heterocycles. The topological polar surface area (TPSA) is 276 Å². The zero-order valence-electron chi connectivity index (χ0n) is 29.4. The molecule has 10 N–H and O–H groups in total. The van der Waals surface area contributed by atoms with Crippen molar-refractivity contribution < 1.29 is 43.2 Å². The normalized spacial score (nSPS) is 21.0. The van der Waals surface area contributed by atoms with Crippen molar-refractivity contribution >= 4 is 53.2 Å². The van der Waals surface area contributed by atoms with Crippen LogP contribution in [0.5, 0.6) is 0 Å². The van der Waals surface area contributed by atoms with Gasteiger partial charge in [0, 0.05) is 26.3 Å². The van der Waals surface area contributed by atoms with Gasteiger partial charge in [-0.15, -0.1) is 0 Å². The molecule has 0 aliphatic carbocycles. The molecule has 0 spiro atoms. The number of rotatable bonds is 6. The van der Waals surface area contributed by atoms with Crippen molar-refractivity contribution in [2.75, 3.05) is 32.7 Å². The summed E-state index contributed by atoms with van der Waals surface area (Å²) in [5.41, 5.74) is 7.00. The van der Waals surface area contributed by atoms with Gasteiger partial charge in [0.05, 0.1) is 26.2 Å². The number of amides is 9. The molecule has 280 valence electrons. The summed E-state index contributed by atoms with van der Waals surface area (Å²) in [6.45, 7) is 5.32. The minimum absolute atomic E-state index is 0.0193. The van der Waals surface area contributed by atoms with E-state index < -0.39 is 97.5 Å². The maximum absolute atomic E-state index is 13.2. The number of hydrogen-bond acceptors (Lipinski definition) is 9. The zero-order chi connectivity index (χ0) is 38.1. The highest BCUT2D eigenvalue weighted by atomic mass is 16.2. The van der Waals surface area contributed by atoms with Crippen molar-refractivity contribution in [2.24, 2.45) is 5.73 Å². The van der Waals surface area contributed by atoms with Crippen LogP contribution in [0.2, 0.25) is 0 Å². The number of nitrogens with one attached hydrogen (secondary N) is 8. The van der Waals surface area contributed by atoms with Crippen LogP contribution in [0.25, 0.3) is 0 Å². The van der Waals surface area contributed by atoms with Gasteiger partial charge in [0.2, 0.25) is 53.2 Å². The lowest BCUT2D eigenvalue weighted by Gasteiger charge is -2.22. The van der Waals surface area contributed by atoms with E-state index in [1.807, 2.05) is 32.9 Å². The minimum atomic E-state index is -1.28. The van der Waals surface area contributed by atoms with E-state index in [2.05, 4.69) is 42.5 Å². The number of carbonyl (C=O) groups excluding carboxylic acids is 9. The molecule has 0 aromatic heterocycles. The molecule has 3 atom stereocenters. The third-order valence-electron chi connectivity index (χ3n) is 7.68. The third kappa shape index (κ3) is 16.1. The number of hydrogen-bond donors (Lipinski definition) is 9. The van der Waals surface area contributed by atoms with Gasteiger partial charge in [0.15, 0.2) is 0 Å². The molecular weight excluding hydrogens is 666 g/mol. The molecule has 1 heterocycles. The molecular formula is C33H49N9O9. The molecule has 1 fully saturated rings. The van der Waals surface area contributed by atoms with Gasteiger partial charge in [0.1, 0.15) is 18.1 Å². The highest BCUT2D eigenvalue weighted by Crippen LogP contribution is 2.22. The monoisotopic (exact) mass is 715 g/mol. The van der Waals surface area contributed by atoms with Crippen LogP contribution in [0.15, 0.2) is 24.3 Å². The molecule has 3 unspecified atom stereocenters. The summed E-state index contributed by atoms with van der Waals surface area (Å²) in [5, 5.41) is 19.5. The van der Waals surface area contributed by atoms with E-state index in [0.717, 1.165) is 5.56 Å². The summed E-state index contributed by atoms with van der Waals surface area (Å²) in [4.78, 5) is 112. The number of primary amides is 1. The van der Waals surface area contributed by atoms with Crippen LogP contribution in [0.1, 0.15) is 64.5 Å². The summed E-state index contributed by atoms with van der Waals surface area (Å²) in [5.74, 6) is -6.26. The van der Waals surface area contributed by atoms with E-state index >= 15 is 0 Å². The summed E-state index contributed by atoms with van der Waals surface area (Å²) in [6, 6.07) is 3.84. The summed E-state index contributed by atoms with van der Waals surface area (Å²) >= 11 is 0. The lowest BCUT2D eigenvalue weighted by molar-refractivity contribution is -0.132. The van der Waals surface area contributed by atoms with Gasteiger partial charge in [-0.2, -0.15) is 0 Å². The first kappa shape index (κ1) is 41.6. The van der Waals surface area contributed by atoms with Crippen LogP contribution >= 0.6 is 0 Å². The Bertz CT molecular complexity index is 1460. The Hall–Kier alpha value is -5.55. The maximum atomic E-state index is 13.2. The molecule has 9 amide bonds. The van der Waals surface area contributed by atoms with Crippen LogP contribution in [0.3, 0.4) is 0 Å². The maximum Gasteiger partial charge on any atom is 0.243 e. The van der Waals surface area contributed by atoms with E-state index in [0.29, 0.717) is 5.56 Å². The molecule has 18 heteroatoms. The predicted octanol–water partition coefficient (Wildman–Crippen LogP) is -3.36. The van der Waals surface area contributed by atoms with Crippen LogP contribution in [-0.2, 0) is 55.0 Å². The van der Waals surface area contributed by atoms with E-state index in [1.54, 1.807) is 12.1 Å². The molecule has 2 rings (SSSR count). The van der Waals surface area contributed by atoms with Crippen molar-refractivity contribution in [1.29, 1.82) is 0 Å². The van der Waals surface area contributed by atoms with E-state index in [4.69, 9.17) is 5.73 Å². The largest absolute Gasteiger partial charge is 0.368 e. The molecule has 51 heavy (non-hydrogen) atoms. The Labute approximate surface area is 295 Å². The Balaban J connectivity index is 2.28.